The third-order valence-corrected chi connectivity index (χ3v) is 8.85. The number of halogens is 4. The molecule has 0 spiro atoms. The Labute approximate surface area is 227 Å². The number of unbranched alkanes of at least 4 members (excludes halogenated alkanes) is 12. The van der Waals surface area contributed by atoms with E-state index >= 15 is 0 Å². The lowest BCUT2D eigenvalue weighted by atomic mass is 10.1. The van der Waals surface area contributed by atoms with Crippen molar-refractivity contribution in [3.8, 4) is 0 Å². The third-order valence-electron chi connectivity index (χ3n) is 6.02. The quantitative estimate of drug-likeness (QED) is 0.0553. The summed E-state index contributed by atoms with van der Waals surface area (Å²) in [5.41, 5.74) is 0. The zero-order valence-electron chi connectivity index (χ0n) is 23.8. The largest absolute Gasteiger partial charge is 1.00 e. The van der Waals surface area contributed by atoms with E-state index in [0.29, 0.717) is 19.4 Å². The average molecular weight is 561 g/mol. The molecule has 0 heterocycles. The van der Waals surface area contributed by atoms with Crippen LogP contribution in [0, 0.1) is 0 Å². The van der Waals surface area contributed by atoms with Gasteiger partial charge in [0.2, 0.25) is 0 Å². The summed E-state index contributed by atoms with van der Waals surface area (Å²) < 4.78 is 39.5. The molecular weight excluding hydrogens is 507 g/mol. The lowest BCUT2D eigenvalue weighted by Crippen LogP contribution is -3.00. The summed E-state index contributed by atoms with van der Waals surface area (Å²) in [6.45, 7) is 7.41. The van der Waals surface area contributed by atoms with Gasteiger partial charge in [-0.1, -0.05) is 64.7 Å². The molecule has 0 amide bonds. The monoisotopic (exact) mass is 560 g/mol. The predicted molar refractivity (Wildman–Crippen MR) is 149 cm³/mol. The Kier molecular flexibility index (Phi) is 34.6. The first kappa shape index (κ1) is 40.7. The lowest BCUT2D eigenvalue weighted by molar-refractivity contribution is -0.143. The number of rotatable bonds is 24. The maximum atomic E-state index is 12.4. The molecule has 0 bridgehead atoms. The normalized spacial score (nSPS) is 12.1. The van der Waals surface area contributed by atoms with Crippen molar-refractivity contribution in [3.05, 3.63) is 0 Å². The summed E-state index contributed by atoms with van der Waals surface area (Å²) >= 11 is 0. The molecule has 0 radical (unpaired) electrons. The number of carbonyl (C=O) groups excluding carboxylic acids is 2. The Balaban J connectivity index is -0.00000214. The summed E-state index contributed by atoms with van der Waals surface area (Å²) in [5, 5.41) is 0.158. The maximum Gasteiger partial charge on any atom is 0.762 e. The Hall–Kier alpha value is -0.765. The molecule has 0 saturated carbocycles. The van der Waals surface area contributed by atoms with E-state index in [2.05, 4.69) is 13.8 Å². The number of Topliss-reactive ketones (excluding diaryl/α,β-unsaturated/α-hetero) is 1. The summed E-state index contributed by atoms with van der Waals surface area (Å²) in [5.74, 6) is 2.28. The van der Waals surface area contributed by atoms with Gasteiger partial charge in [-0.2, -0.15) is 0 Å². The van der Waals surface area contributed by atoms with E-state index in [4.69, 9.17) is 9.47 Å². The molecule has 0 fully saturated rings. The molecule has 4 nitrogen and oxygen atoms in total. The number of hydrogen-bond donors (Lipinski definition) is 0. The fourth-order valence-corrected chi connectivity index (χ4v) is 6.59. The van der Waals surface area contributed by atoms with E-state index in [1.165, 1.54) is 64.2 Å². The van der Waals surface area contributed by atoms with E-state index in [1.54, 1.807) is 14.0 Å². The van der Waals surface area contributed by atoms with Gasteiger partial charge in [-0.25, -0.2) is 0 Å². The second kappa shape index (κ2) is 31.5. The molecule has 0 aromatic heterocycles. The lowest BCUT2D eigenvalue weighted by Gasteiger charge is -2.17. The first-order chi connectivity index (χ1) is 17.3. The van der Waals surface area contributed by atoms with Crippen molar-refractivity contribution in [3.63, 3.8) is 0 Å². The first-order valence-electron chi connectivity index (χ1n) is 14.0. The molecule has 0 aliphatic rings. The summed E-state index contributed by atoms with van der Waals surface area (Å²) in [7, 11) is -1.82. The molecule has 0 N–H and O–H groups in total. The Morgan fingerprint density at radius 3 is 1.68 bits per heavy atom. The van der Waals surface area contributed by atoms with Crippen molar-refractivity contribution < 1.29 is 36.7 Å². The van der Waals surface area contributed by atoms with Crippen molar-refractivity contribution in [2.45, 2.75) is 129 Å². The molecule has 0 rings (SSSR count). The first-order valence-corrected chi connectivity index (χ1v) is 15.6. The third kappa shape index (κ3) is 33.2. The maximum absolute atomic E-state index is 12.4. The van der Waals surface area contributed by atoms with Gasteiger partial charge in [0.25, 0.3) is 0 Å². The van der Waals surface area contributed by atoms with Crippen LogP contribution in [0.4, 0.5) is 12.9 Å². The number of esters is 1. The molecule has 0 aromatic carbocycles. The van der Waals surface area contributed by atoms with Crippen molar-refractivity contribution in [1.29, 1.82) is 0 Å². The van der Waals surface area contributed by atoms with Crippen molar-refractivity contribution in [1.82, 2.24) is 0 Å². The topological polar surface area (TPSA) is 52.6 Å². The Morgan fingerprint density at radius 1 is 0.757 bits per heavy atom. The van der Waals surface area contributed by atoms with Crippen LogP contribution >= 0.6 is 0 Å². The predicted octanol–water partition coefficient (Wildman–Crippen LogP) is 4.92. The van der Waals surface area contributed by atoms with E-state index in [1.807, 2.05) is 0 Å². The molecule has 222 valence electrons. The average Bonchev–Trinajstić information content (AvgIpc) is 2.81. The van der Waals surface area contributed by atoms with Gasteiger partial charge >= 0.3 is 13.5 Å². The highest BCUT2D eigenvalue weighted by molar-refractivity contribution is 7.97. The minimum atomic E-state index is -3.67. The highest BCUT2D eigenvalue weighted by Crippen LogP contribution is 2.19. The molecule has 0 aromatic rings. The second-order valence-electron chi connectivity index (χ2n) is 9.32. The highest BCUT2D eigenvalue weighted by atomic mass is 32.2. The smallest absolute Gasteiger partial charge is 0.762 e. The van der Waals surface area contributed by atoms with Gasteiger partial charge in [0.05, 0.1) is 19.4 Å². The fraction of sp³-hybridized carbons (Fsp3) is 0.926. The molecule has 2 unspecified atom stereocenters. The van der Waals surface area contributed by atoms with E-state index in [-0.39, 0.29) is 32.6 Å². The molecule has 0 aliphatic carbocycles. The molecule has 0 saturated heterocycles. The highest BCUT2D eigenvalue weighted by Gasteiger charge is 2.32. The van der Waals surface area contributed by atoms with Gasteiger partial charge in [-0.15, -0.1) is 0 Å². The van der Waals surface area contributed by atoms with E-state index < -0.39 is 7.54 Å². The number of carbonyl (C=O) groups is 2. The van der Waals surface area contributed by atoms with E-state index in [9.17, 15) is 22.5 Å². The van der Waals surface area contributed by atoms with Crippen molar-refractivity contribution >= 4 is 30.2 Å². The van der Waals surface area contributed by atoms with Gasteiger partial charge in [0.15, 0.2) is 0 Å². The van der Waals surface area contributed by atoms with Gasteiger partial charge in [0.1, 0.15) is 22.5 Å². The van der Waals surface area contributed by atoms with Gasteiger partial charge in [-0.3, -0.25) is 22.5 Å². The molecular formula is C27H53BF4O4S. The van der Waals surface area contributed by atoms with Crippen LogP contribution in [0.1, 0.15) is 124 Å². The minimum Gasteiger partial charge on any atom is -1.00 e. The van der Waals surface area contributed by atoms with Crippen LogP contribution in [0.2, 0.25) is 0 Å². The van der Waals surface area contributed by atoms with Crippen molar-refractivity contribution in [2.75, 3.05) is 31.8 Å². The van der Waals surface area contributed by atoms with Gasteiger partial charge in [-0.05, 0) is 56.8 Å². The van der Waals surface area contributed by atoms with E-state index in [0.717, 1.165) is 43.8 Å². The number of hydrogen-bond acceptors (Lipinski definition) is 4. The summed E-state index contributed by atoms with van der Waals surface area (Å²) in [6, 6.07) is 0. The van der Waals surface area contributed by atoms with Crippen LogP contribution in [0.3, 0.4) is 0 Å². The van der Waals surface area contributed by atoms with Crippen LogP contribution < -0.4 is 4.70 Å². The fourth-order valence-electron chi connectivity index (χ4n) is 4.08. The molecule has 10 heteroatoms. The van der Waals surface area contributed by atoms with Gasteiger partial charge in [0, 0.05) is 13.7 Å². The molecule has 37 heavy (non-hydrogen) atoms. The van der Waals surface area contributed by atoms with Gasteiger partial charge < -0.3 is 14.2 Å². The van der Waals surface area contributed by atoms with Crippen molar-refractivity contribution in [2.24, 2.45) is 0 Å². The second-order valence-corrected chi connectivity index (χ2v) is 12.0. The number of ether oxygens (including phenoxy) is 2. The van der Waals surface area contributed by atoms with Crippen LogP contribution in [-0.4, -0.2) is 56.4 Å². The van der Waals surface area contributed by atoms with Crippen LogP contribution in [-0.2, 0) is 30.0 Å². The zero-order chi connectivity index (χ0) is 27.4. The van der Waals surface area contributed by atoms with Crippen LogP contribution in [0.15, 0.2) is 0 Å². The van der Waals surface area contributed by atoms with Crippen LogP contribution in [0.5, 0.6) is 0 Å². The standard InChI is InChI=1S/C27H53O4S.BF3.FH/c1-5-7-8-9-10-11-12-13-16-19-22-32(6-2)26(23-25(3)28)24-27(29)31-21-18-15-14-17-20-30-4;2-1(3)4;/h26H,5-24H2,1-4H3;;1H/q+1;;/p-1. The number of methoxy groups -OCH3 is 1. The molecule has 2 atom stereocenters. The number of ketones is 1. The Bertz CT molecular complexity index is 502. The summed E-state index contributed by atoms with van der Waals surface area (Å²) in [4.78, 5) is 24.2. The minimum absolute atomic E-state index is 0. The SMILES string of the molecule is CCCCCCCCCCCC[S+](CC)C(CC(C)=O)CC(=O)OCCCCCCOC.FB(F)F.[F-]. The summed E-state index contributed by atoms with van der Waals surface area (Å²) in [6.07, 6.45) is 18.4. The van der Waals surface area contributed by atoms with Crippen LogP contribution in [0.25, 0.3) is 0 Å². The molecule has 0 aliphatic heterocycles. The Morgan fingerprint density at radius 2 is 1.22 bits per heavy atom. The zero-order valence-corrected chi connectivity index (χ0v) is 24.7.